The first-order valence-electron chi connectivity index (χ1n) is 11.6. The Balaban J connectivity index is 1.08. The molecule has 3 heterocycles. The van der Waals surface area contributed by atoms with Crippen LogP contribution in [0.4, 0.5) is 11.4 Å². The normalized spacial score (nSPS) is 13.4. The lowest BCUT2D eigenvalue weighted by atomic mass is 10.1. The highest BCUT2D eigenvalue weighted by molar-refractivity contribution is 7.99. The molecule has 37 heavy (non-hydrogen) atoms. The average molecular weight is 535 g/mol. The smallest absolute Gasteiger partial charge is 0.277 e. The number of anilines is 2. The zero-order chi connectivity index (χ0) is 25.6. The molecule has 2 aromatic heterocycles. The molecule has 1 aliphatic rings. The minimum absolute atomic E-state index is 0.0146. The number of thioether (sulfide) groups is 1. The van der Waals surface area contributed by atoms with Gasteiger partial charge in [0.25, 0.3) is 17.0 Å². The second kappa shape index (κ2) is 11.4. The number of halogens is 1. The Morgan fingerprint density at radius 1 is 0.946 bits per heavy atom. The lowest BCUT2D eigenvalue weighted by Gasteiger charge is -2.36. The van der Waals surface area contributed by atoms with Gasteiger partial charge in [-0.3, -0.25) is 14.6 Å². The fourth-order valence-corrected chi connectivity index (χ4v) is 4.57. The maximum absolute atomic E-state index is 12.7. The van der Waals surface area contributed by atoms with Gasteiger partial charge < -0.3 is 19.5 Å². The molecule has 0 radical (unpaired) electrons. The van der Waals surface area contributed by atoms with E-state index in [4.69, 9.17) is 16.0 Å². The largest absolute Gasteiger partial charge is 0.410 e. The van der Waals surface area contributed by atoms with Gasteiger partial charge in [0.2, 0.25) is 5.91 Å². The van der Waals surface area contributed by atoms with E-state index in [-0.39, 0.29) is 17.6 Å². The fourth-order valence-electron chi connectivity index (χ4n) is 3.88. The van der Waals surface area contributed by atoms with Crippen LogP contribution in [0.5, 0.6) is 0 Å². The van der Waals surface area contributed by atoms with Crippen molar-refractivity contribution < 1.29 is 14.0 Å². The summed E-state index contributed by atoms with van der Waals surface area (Å²) in [5, 5.41) is 11.7. The molecule has 9 nitrogen and oxygen atoms in total. The van der Waals surface area contributed by atoms with E-state index in [0.29, 0.717) is 46.2 Å². The predicted molar refractivity (Wildman–Crippen MR) is 143 cm³/mol. The number of hydrogen-bond donors (Lipinski definition) is 1. The van der Waals surface area contributed by atoms with E-state index in [2.05, 4.69) is 25.4 Å². The van der Waals surface area contributed by atoms with Crippen LogP contribution < -0.4 is 10.2 Å². The van der Waals surface area contributed by atoms with E-state index in [1.54, 1.807) is 42.6 Å². The van der Waals surface area contributed by atoms with E-state index in [9.17, 15) is 9.59 Å². The molecule has 4 aromatic rings. The third kappa shape index (κ3) is 6.28. The van der Waals surface area contributed by atoms with Gasteiger partial charge in [-0.15, -0.1) is 10.2 Å². The molecule has 2 aromatic carbocycles. The summed E-state index contributed by atoms with van der Waals surface area (Å²) in [6.07, 6.45) is 1.65. The van der Waals surface area contributed by atoms with Crippen molar-refractivity contribution in [2.45, 2.75) is 5.22 Å². The van der Waals surface area contributed by atoms with Gasteiger partial charge >= 0.3 is 0 Å². The van der Waals surface area contributed by atoms with Crippen molar-refractivity contribution in [1.82, 2.24) is 20.1 Å². The molecule has 0 atom stereocenters. The SMILES string of the molecule is O=C(CSc1nnc(-c2ccccn2)o1)Nc1ccc(N2CCN(C(=O)c3ccc(Cl)cc3)CC2)cc1. The molecule has 1 N–H and O–H groups in total. The van der Waals surface area contributed by atoms with Crippen LogP contribution in [0.15, 0.2) is 82.6 Å². The molecular formula is C26H23ClN6O3S. The number of carbonyl (C=O) groups is 2. The summed E-state index contributed by atoms with van der Waals surface area (Å²) in [5.74, 6) is 0.287. The Morgan fingerprint density at radius 2 is 1.70 bits per heavy atom. The first-order chi connectivity index (χ1) is 18.0. The van der Waals surface area contributed by atoms with E-state index in [0.717, 1.165) is 30.5 Å². The molecule has 1 aliphatic heterocycles. The second-order valence-electron chi connectivity index (χ2n) is 8.26. The van der Waals surface area contributed by atoms with Crippen LogP contribution in [0.3, 0.4) is 0 Å². The number of hydrogen-bond acceptors (Lipinski definition) is 8. The van der Waals surface area contributed by atoms with Gasteiger partial charge in [-0.25, -0.2) is 0 Å². The van der Waals surface area contributed by atoms with Gasteiger partial charge in [0, 0.05) is 54.3 Å². The Kier molecular flexibility index (Phi) is 7.67. The van der Waals surface area contributed by atoms with Crippen LogP contribution in [0.2, 0.25) is 5.02 Å². The minimum Gasteiger partial charge on any atom is -0.410 e. The van der Waals surface area contributed by atoms with Crippen molar-refractivity contribution in [1.29, 1.82) is 0 Å². The minimum atomic E-state index is -0.176. The molecule has 0 saturated carbocycles. The molecular weight excluding hydrogens is 512 g/mol. The summed E-state index contributed by atoms with van der Waals surface area (Å²) in [6.45, 7) is 2.72. The van der Waals surface area contributed by atoms with Gasteiger partial charge in [0.1, 0.15) is 5.69 Å². The number of benzene rings is 2. The van der Waals surface area contributed by atoms with Crippen molar-refractivity contribution in [3.63, 3.8) is 0 Å². The average Bonchev–Trinajstić information content (AvgIpc) is 3.42. The molecule has 5 rings (SSSR count). The van der Waals surface area contributed by atoms with Crippen molar-refractivity contribution in [2.75, 3.05) is 42.1 Å². The monoisotopic (exact) mass is 534 g/mol. The van der Waals surface area contributed by atoms with Crippen molar-refractivity contribution in [3.05, 3.63) is 83.5 Å². The van der Waals surface area contributed by atoms with E-state index < -0.39 is 0 Å². The third-order valence-corrected chi connectivity index (χ3v) is 6.86. The van der Waals surface area contributed by atoms with Crippen LogP contribution in [-0.4, -0.2) is 63.8 Å². The Morgan fingerprint density at radius 3 is 2.41 bits per heavy atom. The molecule has 1 saturated heterocycles. The second-order valence-corrected chi connectivity index (χ2v) is 9.62. The van der Waals surface area contributed by atoms with Crippen molar-refractivity contribution in [3.8, 4) is 11.6 Å². The quantitative estimate of drug-likeness (QED) is 0.346. The summed E-state index contributed by atoms with van der Waals surface area (Å²) < 4.78 is 5.57. The van der Waals surface area contributed by atoms with Crippen LogP contribution in [0.25, 0.3) is 11.6 Å². The van der Waals surface area contributed by atoms with Gasteiger partial charge in [0.15, 0.2) is 0 Å². The van der Waals surface area contributed by atoms with Gasteiger partial charge in [-0.2, -0.15) is 0 Å². The van der Waals surface area contributed by atoms with Crippen LogP contribution in [0, 0.1) is 0 Å². The Labute approximate surface area is 222 Å². The van der Waals surface area contributed by atoms with Crippen LogP contribution in [0.1, 0.15) is 10.4 Å². The predicted octanol–water partition coefficient (Wildman–Crippen LogP) is 4.48. The molecule has 0 bridgehead atoms. The number of pyridine rings is 1. The number of amides is 2. The van der Waals surface area contributed by atoms with Gasteiger partial charge in [0.05, 0.1) is 5.75 Å². The lowest BCUT2D eigenvalue weighted by molar-refractivity contribution is -0.113. The van der Waals surface area contributed by atoms with E-state index in [1.807, 2.05) is 35.2 Å². The molecule has 2 amide bonds. The number of rotatable bonds is 7. The lowest BCUT2D eigenvalue weighted by Crippen LogP contribution is -2.48. The summed E-state index contributed by atoms with van der Waals surface area (Å²) in [6, 6.07) is 20.1. The standard InChI is InChI=1S/C26H23ClN6O3S/c27-19-6-4-18(5-7-19)25(35)33-15-13-32(14-16-33)21-10-8-20(9-11-21)29-23(34)17-37-26-31-30-24(36-26)22-3-1-2-12-28-22/h1-12H,13-17H2,(H,29,34). The Hall–Kier alpha value is -3.89. The first-order valence-corrected chi connectivity index (χ1v) is 13.0. The van der Waals surface area contributed by atoms with Crippen LogP contribution >= 0.6 is 23.4 Å². The maximum atomic E-state index is 12.7. The Bertz CT molecular complexity index is 1360. The molecule has 11 heteroatoms. The summed E-state index contributed by atoms with van der Waals surface area (Å²) >= 11 is 7.09. The summed E-state index contributed by atoms with van der Waals surface area (Å²) in [4.78, 5) is 33.4. The van der Waals surface area contributed by atoms with E-state index in [1.165, 1.54) is 0 Å². The number of aromatic nitrogens is 3. The van der Waals surface area contributed by atoms with E-state index >= 15 is 0 Å². The molecule has 188 valence electrons. The highest BCUT2D eigenvalue weighted by Crippen LogP contribution is 2.23. The van der Waals surface area contributed by atoms with Gasteiger partial charge in [-0.1, -0.05) is 29.4 Å². The van der Waals surface area contributed by atoms with Gasteiger partial charge in [-0.05, 0) is 60.7 Å². The first kappa shape index (κ1) is 24.8. The summed E-state index contributed by atoms with van der Waals surface area (Å²) in [5.41, 5.74) is 2.97. The van der Waals surface area contributed by atoms with Crippen molar-refractivity contribution >= 4 is 46.6 Å². The molecule has 0 spiro atoms. The summed E-state index contributed by atoms with van der Waals surface area (Å²) in [7, 11) is 0. The number of piperazine rings is 1. The third-order valence-electron chi connectivity index (χ3n) is 5.79. The number of carbonyl (C=O) groups excluding carboxylic acids is 2. The maximum Gasteiger partial charge on any atom is 0.277 e. The zero-order valence-corrected chi connectivity index (χ0v) is 21.3. The van der Waals surface area contributed by atoms with Crippen LogP contribution in [-0.2, 0) is 4.79 Å². The highest BCUT2D eigenvalue weighted by Gasteiger charge is 2.22. The molecule has 0 aliphatic carbocycles. The van der Waals surface area contributed by atoms with Crippen molar-refractivity contribution in [2.24, 2.45) is 0 Å². The topological polar surface area (TPSA) is 104 Å². The molecule has 0 unspecified atom stereocenters. The number of nitrogens with zero attached hydrogens (tertiary/aromatic N) is 5. The zero-order valence-electron chi connectivity index (χ0n) is 19.7. The number of nitrogens with one attached hydrogen (secondary N) is 1. The highest BCUT2D eigenvalue weighted by atomic mass is 35.5. The molecule has 1 fully saturated rings. The fraction of sp³-hybridized carbons (Fsp3) is 0.192.